The van der Waals surface area contributed by atoms with Crippen molar-refractivity contribution in [2.24, 2.45) is 0 Å². The first-order chi connectivity index (χ1) is 12.3. The molecule has 1 fully saturated rings. The average molecular weight is 375 g/mol. The Morgan fingerprint density at radius 2 is 1.81 bits per heavy atom. The lowest BCUT2D eigenvalue weighted by Gasteiger charge is -2.37. The number of aryl methyl sites for hydroxylation is 2. The van der Waals surface area contributed by atoms with Crippen molar-refractivity contribution >= 4 is 10.0 Å². The summed E-state index contributed by atoms with van der Waals surface area (Å²) in [4.78, 5) is 0.330. The Bertz CT molecular complexity index is 880. The fraction of sp³-hybridized carbons (Fsp3) is 0.400. The number of benzene rings is 2. The van der Waals surface area contributed by atoms with Crippen molar-refractivity contribution in [1.29, 1.82) is 0 Å². The van der Waals surface area contributed by atoms with E-state index in [4.69, 9.17) is 9.47 Å². The highest BCUT2D eigenvalue weighted by Gasteiger charge is 2.37. The standard InChI is InChI=1S/C20H25NO4S/c1-14-11-20(15(2)10-18(14)24-4)26(22,23)21-12-19(25-13-16(21)3)17-8-6-5-7-9-17/h5-11,16,19H,12-13H2,1-4H3. The minimum absolute atomic E-state index is 0.221. The van der Waals surface area contributed by atoms with Crippen LogP contribution >= 0.6 is 0 Å². The molecule has 140 valence electrons. The van der Waals surface area contributed by atoms with Crippen molar-refractivity contribution in [1.82, 2.24) is 4.31 Å². The fourth-order valence-corrected chi connectivity index (χ4v) is 5.24. The molecule has 26 heavy (non-hydrogen) atoms. The number of hydrogen-bond acceptors (Lipinski definition) is 4. The molecular formula is C20H25NO4S. The van der Waals surface area contributed by atoms with Crippen LogP contribution in [0.2, 0.25) is 0 Å². The van der Waals surface area contributed by atoms with E-state index >= 15 is 0 Å². The van der Waals surface area contributed by atoms with Gasteiger partial charge < -0.3 is 9.47 Å². The second kappa shape index (κ2) is 7.39. The summed E-state index contributed by atoms with van der Waals surface area (Å²) in [5.74, 6) is 0.693. The van der Waals surface area contributed by atoms with Crippen LogP contribution in [0.5, 0.6) is 5.75 Å². The molecule has 0 spiro atoms. The maximum Gasteiger partial charge on any atom is 0.243 e. The van der Waals surface area contributed by atoms with Crippen molar-refractivity contribution < 1.29 is 17.9 Å². The molecule has 2 unspecified atom stereocenters. The molecule has 2 aromatic rings. The van der Waals surface area contributed by atoms with Gasteiger partial charge in [0.1, 0.15) is 5.75 Å². The SMILES string of the molecule is COc1cc(C)c(S(=O)(=O)N2CC(c3ccccc3)OCC2C)cc1C. The number of morpholine rings is 1. The number of sulfonamides is 1. The molecule has 1 aliphatic heterocycles. The molecule has 0 aliphatic carbocycles. The van der Waals surface area contributed by atoms with Crippen LogP contribution in [-0.4, -0.2) is 39.0 Å². The zero-order valence-corrected chi connectivity index (χ0v) is 16.4. The lowest BCUT2D eigenvalue weighted by Crippen LogP contribution is -2.48. The Labute approximate surface area is 155 Å². The summed E-state index contributed by atoms with van der Waals surface area (Å²) in [6.45, 7) is 6.21. The van der Waals surface area contributed by atoms with E-state index in [2.05, 4.69) is 0 Å². The summed E-state index contributed by atoms with van der Waals surface area (Å²) in [7, 11) is -2.04. The van der Waals surface area contributed by atoms with Crippen molar-refractivity contribution in [2.45, 2.75) is 37.8 Å². The molecule has 0 bridgehead atoms. The van der Waals surface area contributed by atoms with Crippen LogP contribution in [0, 0.1) is 13.8 Å². The van der Waals surface area contributed by atoms with E-state index in [0.29, 0.717) is 29.4 Å². The normalized spacial score (nSPS) is 21.5. The van der Waals surface area contributed by atoms with E-state index < -0.39 is 10.0 Å². The molecule has 1 aliphatic rings. The van der Waals surface area contributed by atoms with E-state index in [1.54, 1.807) is 30.5 Å². The minimum Gasteiger partial charge on any atom is -0.496 e. The summed E-state index contributed by atoms with van der Waals surface area (Å²) < 4.78 is 39.5. The van der Waals surface area contributed by atoms with E-state index in [1.165, 1.54) is 0 Å². The molecule has 1 heterocycles. The van der Waals surface area contributed by atoms with Crippen LogP contribution < -0.4 is 4.74 Å². The maximum atomic E-state index is 13.4. The van der Waals surface area contributed by atoms with Crippen LogP contribution in [0.25, 0.3) is 0 Å². The number of rotatable bonds is 4. The number of ether oxygens (including phenoxy) is 2. The molecule has 3 rings (SSSR count). The molecule has 0 saturated carbocycles. The molecule has 2 atom stereocenters. The van der Waals surface area contributed by atoms with E-state index in [9.17, 15) is 8.42 Å². The van der Waals surface area contributed by atoms with Crippen LogP contribution in [0.15, 0.2) is 47.4 Å². The molecule has 5 nitrogen and oxygen atoms in total. The van der Waals surface area contributed by atoms with Gasteiger partial charge in [-0.3, -0.25) is 0 Å². The first-order valence-corrected chi connectivity index (χ1v) is 10.1. The highest BCUT2D eigenvalue weighted by molar-refractivity contribution is 7.89. The van der Waals surface area contributed by atoms with Gasteiger partial charge in [-0.15, -0.1) is 0 Å². The summed E-state index contributed by atoms with van der Waals surface area (Å²) in [6.07, 6.45) is -0.262. The maximum absolute atomic E-state index is 13.4. The monoisotopic (exact) mass is 375 g/mol. The van der Waals surface area contributed by atoms with E-state index in [1.807, 2.05) is 44.2 Å². The Balaban J connectivity index is 1.96. The minimum atomic E-state index is -3.63. The molecule has 0 radical (unpaired) electrons. The quantitative estimate of drug-likeness (QED) is 0.821. The Morgan fingerprint density at radius 3 is 2.46 bits per heavy atom. The molecule has 6 heteroatoms. The zero-order valence-electron chi connectivity index (χ0n) is 15.6. The van der Waals surface area contributed by atoms with Gasteiger partial charge in [0.05, 0.1) is 24.7 Å². The molecule has 0 N–H and O–H groups in total. The van der Waals surface area contributed by atoms with Crippen molar-refractivity contribution in [3.05, 3.63) is 59.2 Å². The highest BCUT2D eigenvalue weighted by Crippen LogP contribution is 2.32. The van der Waals surface area contributed by atoms with E-state index in [-0.39, 0.29) is 12.1 Å². The van der Waals surface area contributed by atoms with Gasteiger partial charge in [0.25, 0.3) is 0 Å². The number of methoxy groups -OCH3 is 1. The third kappa shape index (κ3) is 3.49. The van der Waals surface area contributed by atoms with Gasteiger partial charge in [-0.2, -0.15) is 4.31 Å². The highest BCUT2D eigenvalue weighted by atomic mass is 32.2. The van der Waals surface area contributed by atoms with Gasteiger partial charge in [-0.05, 0) is 49.6 Å². The summed E-state index contributed by atoms with van der Waals surface area (Å²) >= 11 is 0. The van der Waals surface area contributed by atoms with Crippen molar-refractivity contribution in [3.8, 4) is 5.75 Å². The van der Waals surface area contributed by atoms with Crippen LogP contribution in [0.1, 0.15) is 29.7 Å². The summed E-state index contributed by atoms with van der Waals surface area (Å²) in [5, 5.41) is 0. The van der Waals surface area contributed by atoms with Crippen LogP contribution in [0.4, 0.5) is 0 Å². The summed E-state index contributed by atoms with van der Waals surface area (Å²) in [5.41, 5.74) is 2.47. The molecule has 0 amide bonds. The molecular weight excluding hydrogens is 350 g/mol. The zero-order chi connectivity index (χ0) is 18.9. The Kier molecular flexibility index (Phi) is 5.37. The van der Waals surface area contributed by atoms with Gasteiger partial charge in [0.2, 0.25) is 10.0 Å². The second-order valence-electron chi connectivity index (χ2n) is 6.74. The molecule has 2 aromatic carbocycles. The van der Waals surface area contributed by atoms with Gasteiger partial charge in [0.15, 0.2) is 0 Å². The third-order valence-corrected chi connectivity index (χ3v) is 6.95. The van der Waals surface area contributed by atoms with Crippen molar-refractivity contribution in [2.75, 3.05) is 20.3 Å². The number of hydrogen-bond donors (Lipinski definition) is 0. The first-order valence-electron chi connectivity index (χ1n) is 8.68. The molecule has 1 saturated heterocycles. The van der Waals surface area contributed by atoms with Gasteiger partial charge >= 0.3 is 0 Å². The summed E-state index contributed by atoms with van der Waals surface area (Å²) in [6, 6.07) is 13.0. The Morgan fingerprint density at radius 1 is 1.12 bits per heavy atom. The van der Waals surface area contributed by atoms with Crippen LogP contribution in [0.3, 0.4) is 0 Å². The first kappa shape index (κ1) is 18.9. The fourth-order valence-electron chi connectivity index (χ4n) is 3.33. The smallest absolute Gasteiger partial charge is 0.243 e. The molecule has 0 aromatic heterocycles. The average Bonchev–Trinajstić information content (AvgIpc) is 2.64. The van der Waals surface area contributed by atoms with Gasteiger partial charge in [-0.1, -0.05) is 30.3 Å². The Hall–Kier alpha value is -1.89. The largest absolute Gasteiger partial charge is 0.496 e. The third-order valence-electron chi connectivity index (χ3n) is 4.83. The topological polar surface area (TPSA) is 55.8 Å². The van der Waals surface area contributed by atoms with Gasteiger partial charge in [-0.25, -0.2) is 8.42 Å². The van der Waals surface area contributed by atoms with Crippen molar-refractivity contribution in [3.63, 3.8) is 0 Å². The number of nitrogens with zero attached hydrogens (tertiary/aromatic N) is 1. The second-order valence-corrected chi connectivity index (χ2v) is 8.60. The predicted octanol–water partition coefficient (Wildman–Crippen LogP) is 3.46. The van der Waals surface area contributed by atoms with Crippen LogP contribution in [-0.2, 0) is 14.8 Å². The van der Waals surface area contributed by atoms with Gasteiger partial charge in [0, 0.05) is 12.6 Å². The lowest BCUT2D eigenvalue weighted by atomic mass is 10.1. The van der Waals surface area contributed by atoms with E-state index in [0.717, 1.165) is 11.1 Å². The predicted molar refractivity (Wildman–Crippen MR) is 101 cm³/mol. The lowest BCUT2D eigenvalue weighted by molar-refractivity contribution is -0.0288.